The molecule has 0 saturated heterocycles. The molecule has 21 heavy (non-hydrogen) atoms. The van der Waals surface area contributed by atoms with Crippen molar-refractivity contribution in [1.29, 1.82) is 0 Å². The maximum atomic E-state index is 11.9. The molecule has 2 rings (SSSR count). The number of nitrogen functional groups attached to an aromatic ring is 1. The molecule has 2 aromatic rings. The monoisotopic (exact) mass is 285 g/mol. The van der Waals surface area contributed by atoms with Gasteiger partial charge in [-0.15, -0.1) is 0 Å². The molecule has 6 nitrogen and oxygen atoms in total. The molecule has 0 atom stereocenters. The van der Waals surface area contributed by atoms with E-state index in [1.54, 1.807) is 36.4 Å². The molecule has 0 aliphatic heterocycles. The minimum Gasteiger partial charge on any atom is -0.481 e. The Morgan fingerprint density at radius 1 is 1.19 bits per heavy atom. The summed E-state index contributed by atoms with van der Waals surface area (Å²) in [5.74, 6) is -1.13. The summed E-state index contributed by atoms with van der Waals surface area (Å²) in [7, 11) is 0. The molecule has 0 aliphatic carbocycles. The average molecular weight is 285 g/mol. The van der Waals surface area contributed by atoms with Gasteiger partial charge >= 0.3 is 5.97 Å². The van der Waals surface area contributed by atoms with Crippen molar-refractivity contribution in [2.45, 2.75) is 12.8 Å². The van der Waals surface area contributed by atoms with Crippen LogP contribution in [0.25, 0.3) is 0 Å². The van der Waals surface area contributed by atoms with Crippen molar-refractivity contribution >= 4 is 23.3 Å². The molecule has 0 spiro atoms. The Balaban J connectivity index is 1.99. The number of anilines is 2. The van der Waals surface area contributed by atoms with Crippen LogP contribution < -0.4 is 11.1 Å². The number of nitrogens with zero attached hydrogens (tertiary/aromatic N) is 1. The third kappa shape index (κ3) is 4.61. The molecular weight excluding hydrogens is 270 g/mol. The molecule has 1 amide bonds. The van der Waals surface area contributed by atoms with E-state index in [1.165, 1.54) is 6.20 Å². The summed E-state index contributed by atoms with van der Waals surface area (Å²) in [6, 6.07) is 10.1. The van der Waals surface area contributed by atoms with Gasteiger partial charge < -0.3 is 16.2 Å². The Hall–Kier alpha value is -2.89. The number of benzene rings is 1. The van der Waals surface area contributed by atoms with Crippen LogP contribution in [0, 0.1) is 0 Å². The lowest BCUT2D eigenvalue weighted by molar-refractivity contribution is -0.136. The van der Waals surface area contributed by atoms with Crippen molar-refractivity contribution in [3.05, 3.63) is 53.9 Å². The minimum atomic E-state index is -0.912. The zero-order chi connectivity index (χ0) is 15.2. The molecular formula is C15H15N3O3. The highest BCUT2D eigenvalue weighted by atomic mass is 16.4. The number of aromatic nitrogens is 1. The molecule has 1 aromatic heterocycles. The third-order valence-corrected chi connectivity index (χ3v) is 2.76. The first-order chi connectivity index (χ1) is 10.0. The molecule has 0 aliphatic rings. The summed E-state index contributed by atoms with van der Waals surface area (Å²) in [5.41, 5.74) is 7.88. The minimum absolute atomic E-state index is 0.0801. The second-order valence-corrected chi connectivity index (χ2v) is 4.58. The van der Waals surface area contributed by atoms with Gasteiger partial charge in [-0.3, -0.25) is 14.6 Å². The molecule has 0 bridgehead atoms. The fourth-order valence-corrected chi connectivity index (χ4v) is 1.84. The van der Waals surface area contributed by atoms with Gasteiger partial charge in [-0.2, -0.15) is 0 Å². The Bertz CT molecular complexity index is 653. The normalized spacial score (nSPS) is 10.1. The first-order valence-corrected chi connectivity index (χ1v) is 6.34. The quantitative estimate of drug-likeness (QED) is 0.771. The number of nitrogens with one attached hydrogen (secondary N) is 1. The predicted octanol–water partition coefficient (Wildman–Crippen LogP) is 1.47. The molecule has 108 valence electrons. The average Bonchev–Trinajstić information content (AvgIpc) is 2.41. The van der Waals surface area contributed by atoms with E-state index in [-0.39, 0.29) is 18.7 Å². The smallest absolute Gasteiger partial charge is 0.307 e. The zero-order valence-electron chi connectivity index (χ0n) is 11.2. The topological polar surface area (TPSA) is 105 Å². The van der Waals surface area contributed by atoms with E-state index in [0.717, 1.165) is 0 Å². The standard InChI is InChI=1S/C15H15N3O3/c16-11-4-5-12(17-9-11)8-14(19)18-13-3-1-2-10(6-13)7-15(20)21/h1-6,9H,7-8,16H2,(H,18,19)(H,20,21). The van der Waals surface area contributed by atoms with Crippen LogP contribution in [0.3, 0.4) is 0 Å². The molecule has 0 radical (unpaired) electrons. The number of carbonyl (C=O) groups is 2. The van der Waals surface area contributed by atoms with E-state index in [9.17, 15) is 9.59 Å². The number of pyridine rings is 1. The fourth-order valence-electron chi connectivity index (χ4n) is 1.84. The Morgan fingerprint density at radius 2 is 2.00 bits per heavy atom. The highest BCUT2D eigenvalue weighted by molar-refractivity contribution is 5.92. The van der Waals surface area contributed by atoms with E-state index < -0.39 is 5.97 Å². The number of carboxylic acids is 1. The second-order valence-electron chi connectivity index (χ2n) is 4.58. The summed E-state index contributed by atoms with van der Waals surface area (Å²) >= 11 is 0. The number of aliphatic carboxylic acids is 1. The highest BCUT2D eigenvalue weighted by Crippen LogP contribution is 2.12. The van der Waals surface area contributed by atoms with Gasteiger partial charge in [-0.1, -0.05) is 12.1 Å². The van der Waals surface area contributed by atoms with Crippen molar-refractivity contribution < 1.29 is 14.7 Å². The van der Waals surface area contributed by atoms with E-state index in [1.807, 2.05) is 0 Å². The van der Waals surface area contributed by atoms with E-state index >= 15 is 0 Å². The molecule has 0 unspecified atom stereocenters. The summed E-state index contributed by atoms with van der Waals surface area (Å²) in [5, 5.41) is 11.5. The largest absolute Gasteiger partial charge is 0.481 e. The van der Waals surface area contributed by atoms with Crippen LogP contribution >= 0.6 is 0 Å². The van der Waals surface area contributed by atoms with E-state index in [2.05, 4.69) is 10.3 Å². The SMILES string of the molecule is Nc1ccc(CC(=O)Nc2cccc(CC(=O)O)c2)nc1. The lowest BCUT2D eigenvalue weighted by Gasteiger charge is -2.06. The van der Waals surface area contributed by atoms with E-state index in [0.29, 0.717) is 22.6 Å². The number of nitrogens with two attached hydrogens (primary N) is 1. The van der Waals surface area contributed by atoms with Gasteiger partial charge in [-0.05, 0) is 29.8 Å². The summed E-state index contributed by atoms with van der Waals surface area (Å²) in [4.78, 5) is 26.6. The first kappa shape index (κ1) is 14.5. The van der Waals surface area contributed by atoms with Gasteiger partial charge in [0.2, 0.25) is 5.91 Å². The first-order valence-electron chi connectivity index (χ1n) is 6.34. The number of carboxylic acid groups (broad SMARTS) is 1. The Kier molecular flexibility index (Phi) is 4.50. The van der Waals surface area contributed by atoms with Crippen LogP contribution in [0.2, 0.25) is 0 Å². The molecule has 1 heterocycles. The van der Waals surface area contributed by atoms with Crippen LogP contribution in [0.1, 0.15) is 11.3 Å². The van der Waals surface area contributed by atoms with Gasteiger partial charge in [0.15, 0.2) is 0 Å². The number of hydrogen-bond acceptors (Lipinski definition) is 4. The number of rotatable bonds is 5. The van der Waals surface area contributed by atoms with Crippen LogP contribution in [0.4, 0.5) is 11.4 Å². The van der Waals surface area contributed by atoms with Gasteiger partial charge in [0.05, 0.1) is 24.7 Å². The van der Waals surface area contributed by atoms with Gasteiger partial charge in [0, 0.05) is 11.4 Å². The van der Waals surface area contributed by atoms with Crippen molar-refractivity contribution in [1.82, 2.24) is 4.98 Å². The molecule has 1 aromatic carbocycles. The molecule has 4 N–H and O–H groups in total. The number of carbonyl (C=O) groups excluding carboxylic acids is 1. The Morgan fingerprint density at radius 3 is 2.67 bits per heavy atom. The lowest BCUT2D eigenvalue weighted by Crippen LogP contribution is -2.15. The van der Waals surface area contributed by atoms with Gasteiger partial charge in [0.25, 0.3) is 0 Å². The van der Waals surface area contributed by atoms with Crippen molar-refractivity contribution in [2.75, 3.05) is 11.1 Å². The highest BCUT2D eigenvalue weighted by Gasteiger charge is 2.07. The van der Waals surface area contributed by atoms with E-state index in [4.69, 9.17) is 10.8 Å². The van der Waals surface area contributed by atoms with Gasteiger partial charge in [0.1, 0.15) is 0 Å². The number of hydrogen-bond donors (Lipinski definition) is 3. The van der Waals surface area contributed by atoms with Crippen molar-refractivity contribution in [3.8, 4) is 0 Å². The Labute approximate surface area is 121 Å². The van der Waals surface area contributed by atoms with Crippen molar-refractivity contribution in [3.63, 3.8) is 0 Å². The predicted molar refractivity (Wildman–Crippen MR) is 78.8 cm³/mol. The molecule has 6 heteroatoms. The van der Waals surface area contributed by atoms with Crippen molar-refractivity contribution in [2.24, 2.45) is 0 Å². The fraction of sp³-hybridized carbons (Fsp3) is 0.133. The maximum absolute atomic E-state index is 11.9. The van der Waals surface area contributed by atoms with Gasteiger partial charge in [-0.25, -0.2) is 0 Å². The maximum Gasteiger partial charge on any atom is 0.307 e. The third-order valence-electron chi connectivity index (χ3n) is 2.76. The molecule has 0 fully saturated rings. The van der Waals surface area contributed by atoms with Crippen LogP contribution in [-0.4, -0.2) is 22.0 Å². The van der Waals surface area contributed by atoms with Crippen LogP contribution in [-0.2, 0) is 22.4 Å². The summed E-state index contributed by atoms with van der Waals surface area (Å²) in [6.45, 7) is 0. The lowest BCUT2D eigenvalue weighted by atomic mass is 10.1. The van der Waals surface area contributed by atoms with Crippen LogP contribution in [0.15, 0.2) is 42.6 Å². The molecule has 0 saturated carbocycles. The van der Waals surface area contributed by atoms with Crippen LogP contribution in [0.5, 0.6) is 0 Å². The zero-order valence-corrected chi connectivity index (χ0v) is 11.2. The second kappa shape index (κ2) is 6.51. The summed E-state index contributed by atoms with van der Waals surface area (Å²) < 4.78 is 0. The summed E-state index contributed by atoms with van der Waals surface area (Å²) in [6.07, 6.45) is 1.54. The number of amides is 1.